The summed E-state index contributed by atoms with van der Waals surface area (Å²) < 4.78 is 39.3. The van der Waals surface area contributed by atoms with E-state index in [4.69, 9.17) is 5.73 Å². The number of nitrogens with zero attached hydrogens (tertiary/aromatic N) is 1. The van der Waals surface area contributed by atoms with Crippen LogP contribution in [0.5, 0.6) is 0 Å². The van der Waals surface area contributed by atoms with Crippen LogP contribution in [0, 0.1) is 13.8 Å². The standard InChI is InChI=1S/C15H19F3N2O/c1-9-3-4-11(7-10(9)2)14(21)20-8-12(19)5-6-13(20)15(16,17)18/h3-4,7,12-13H,5-6,8,19H2,1-2H3/t12-,13+/m1/s1. The number of alkyl halides is 3. The fourth-order valence-electron chi connectivity index (χ4n) is 2.60. The van der Waals surface area contributed by atoms with Gasteiger partial charge in [0.05, 0.1) is 0 Å². The Labute approximate surface area is 121 Å². The number of aryl methyl sites for hydroxylation is 2. The molecule has 3 nitrogen and oxygen atoms in total. The number of rotatable bonds is 1. The first-order valence-electron chi connectivity index (χ1n) is 6.90. The summed E-state index contributed by atoms with van der Waals surface area (Å²) in [5.41, 5.74) is 7.89. The minimum absolute atomic E-state index is 0.0596. The van der Waals surface area contributed by atoms with E-state index in [2.05, 4.69) is 0 Å². The Morgan fingerprint density at radius 2 is 1.90 bits per heavy atom. The smallest absolute Gasteiger partial charge is 0.326 e. The van der Waals surface area contributed by atoms with E-state index in [1.54, 1.807) is 18.2 Å². The second-order valence-electron chi connectivity index (χ2n) is 5.65. The molecule has 0 spiro atoms. The number of hydrogen-bond acceptors (Lipinski definition) is 2. The maximum absolute atomic E-state index is 13.1. The topological polar surface area (TPSA) is 46.3 Å². The van der Waals surface area contributed by atoms with Crippen LogP contribution in [-0.4, -0.2) is 35.6 Å². The number of benzene rings is 1. The Morgan fingerprint density at radius 1 is 1.24 bits per heavy atom. The van der Waals surface area contributed by atoms with E-state index in [0.29, 0.717) is 0 Å². The van der Waals surface area contributed by atoms with Crippen LogP contribution in [0.3, 0.4) is 0 Å². The molecule has 0 unspecified atom stereocenters. The molecule has 1 aliphatic heterocycles. The Morgan fingerprint density at radius 3 is 2.48 bits per heavy atom. The van der Waals surface area contributed by atoms with Gasteiger partial charge in [-0.2, -0.15) is 13.2 Å². The minimum atomic E-state index is -4.42. The first kappa shape index (κ1) is 15.8. The molecular weight excluding hydrogens is 281 g/mol. The number of halogens is 3. The highest BCUT2D eigenvalue weighted by Gasteiger charge is 2.47. The van der Waals surface area contributed by atoms with Crippen LogP contribution in [-0.2, 0) is 0 Å². The van der Waals surface area contributed by atoms with Crippen molar-refractivity contribution in [3.8, 4) is 0 Å². The quantitative estimate of drug-likeness (QED) is 0.867. The highest BCUT2D eigenvalue weighted by atomic mass is 19.4. The Hall–Kier alpha value is -1.56. The van der Waals surface area contributed by atoms with Crippen molar-refractivity contribution in [1.82, 2.24) is 4.90 Å². The van der Waals surface area contributed by atoms with Crippen molar-refractivity contribution in [2.45, 2.75) is 44.9 Å². The van der Waals surface area contributed by atoms with Crippen LogP contribution < -0.4 is 5.73 Å². The van der Waals surface area contributed by atoms with Gasteiger partial charge in [-0.1, -0.05) is 6.07 Å². The van der Waals surface area contributed by atoms with Gasteiger partial charge < -0.3 is 10.6 Å². The highest BCUT2D eigenvalue weighted by Crippen LogP contribution is 2.32. The zero-order valence-corrected chi connectivity index (χ0v) is 12.1. The molecule has 1 heterocycles. The highest BCUT2D eigenvalue weighted by molar-refractivity contribution is 5.94. The van der Waals surface area contributed by atoms with E-state index in [9.17, 15) is 18.0 Å². The Balaban J connectivity index is 2.31. The average Bonchev–Trinajstić information content (AvgIpc) is 2.39. The first-order valence-corrected chi connectivity index (χ1v) is 6.90. The maximum Gasteiger partial charge on any atom is 0.408 e. The number of amides is 1. The summed E-state index contributed by atoms with van der Waals surface area (Å²) in [5, 5.41) is 0. The van der Waals surface area contributed by atoms with Gasteiger partial charge in [0.25, 0.3) is 5.91 Å². The molecule has 1 aromatic carbocycles. The van der Waals surface area contributed by atoms with Crippen molar-refractivity contribution in [1.29, 1.82) is 0 Å². The predicted molar refractivity (Wildman–Crippen MR) is 74.0 cm³/mol. The predicted octanol–water partition coefficient (Wildman–Crippen LogP) is 2.80. The average molecular weight is 300 g/mol. The number of hydrogen-bond donors (Lipinski definition) is 1. The lowest BCUT2D eigenvalue weighted by atomic mass is 9.96. The lowest BCUT2D eigenvalue weighted by molar-refractivity contribution is -0.184. The molecule has 0 saturated carbocycles. The molecule has 1 aromatic rings. The fourth-order valence-corrected chi connectivity index (χ4v) is 2.60. The van der Waals surface area contributed by atoms with Crippen LogP contribution in [0.1, 0.15) is 34.3 Å². The third-order valence-electron chi connectivity index (χ3n) is 4.01. The summed E-state index contributed by atoms with van der Waals surface area (Å²) in [5.74, 6) is -0.601. The molecule has 21 heavy (non-hydrogen) atoms. The number of nitrogens with two attached hydrogens (primary N) is 1. The summed E-state index contributed by atoms with van der Waals surface area (Å²) in [4.78, 5) is 13.3. The van der Waals surface area contributed by atoms with E-state index in [-0.39, 0.29) is 24.9 Å². The van der Waals surface area contributed by atoms with Gasteiger partial charge in [-0.25, -0.2) is 0 Å². The molecule has 1 fully saturated rings. The number of likely N-dealkylation sites (tertiary alicyclic amines) is 1. The molecule has 0 aliphatic carbocycles. The lowest BCUT2D eigenvalue weighted by Gasteiger charge is -2.39. The molecule has 2 atom stereocenters. The zero-order valence-electron chi connectivity index (χ0n) is 12.1. The molecule has 0 radical (unpaired) electrons. The van der Waals surface area contributed by atoms with Crippen molar-refractivity contribution in [2.75, 3.05) is 6.54 Å². The largest absolute Gasteiger partial charge is 0.408 e. The maximum atomic E-state index is 13.1. The van der Waals surface area contributed by atoms with Gasteiger partial charge in [0.1, 0.15) is 6.04 Å². The van der Waals surface area contributed by atoms with Crippen LogP contribution in [0.15, 0.2) is 18.2 Å². The van der Waals surface area contributed by atoms with Gasteiger partial charge >= 0.3 is 6.18 Å². The number of piperidine rings is 1. The van der Waals surface area contributed by atoms with Crippen LogP contribution >= 0.6 is 0 Å². The van der Waals surface area contributed by atoms with E-state index in [1.807, 2.05) is 13.8 Å². The van der Waals surface area contributed by atoms with E-state index >= 15 is 0 Å². The normalized spacial score (nSPS) is 23.2. The van der Waals surface area contributed by atoms with Crippen LogP contribution in [0.25, 0.3) is 0 Å². The number of carbonyl (C=O) groups excluding carboxylic acids is 1. The van der Waals surface area contributed by atoms with Gasteiger partial charge in [0, 0.05) is 18.2 Å². The van der Waals surface area contributed by atoms with Gasteiger partial charge in [0.2, 0.25) is 0 Å². The Bertz CT molecular complexity index is 542. The fraction of sp³-hybridized carbons (Fsp3) is 0.533. The molecule has 0 bridgehead atoms. The van der Waals surface area contributed by atoms with Crippen molar-refractivity contribution in [2.24, 2.45) is 5.73 Å². The third-order valence-corrected chi connectivity index (χ3v) is 4.01. The van der Waals surface area contributed by atoms with Crippen molar-refractivity contribution in [3.63, 3.8) is 0 Å². The number of carbonyl (C=O) groups is 1. The van der Waals surface area contributed by atoms with Crippen molar-refractivity contribution >= 4 is 5.91 Å². The monoisotopic (exact) mass is 300 g/mol. The molecule has 2 N–H and O–H groups in total. The molecular formula is C15H19F3N2O. The SMILES string of the molecule is Cc1ccc(C(=O)N2C[C@H](N)CC[C@H]2C(F)(F)F)cc1C. The molecule has 6 heteroatoms. The van der Waals surface area contributed by atoms with E-state index in [0.717, 1.165) is 16.0 Å². The van der Waals surface area contributed by atoms with E-state index < -0.39 is 24.2 Å². The van der Waals surface area contributed by atoms with Gasteiger partial charge in [0.15, 0.2) is 0 Å². The minimum Gasteiger partial charge on any atom is -0.326 e. The van der Waals surface area contributed by atoms with Crippen LogP contribution in [0.4, 0.5) is 13.2 Å². The third kappa shape index (κ3) is 3.37. The van der Waals surface area contributed by atoms with Gasteiger partial charge in [-0.15, -0.1) is 0 Å². The molecule has 0 aromatic heterocycles. The summed E-state index contributed by atoms with van der Waals surface area (Å²) in [7, 11) is 0. The lowest BCUT2D eigenvalue weighted by Crippen LogP contribution is -2.56. The summed E-state index contributed by atoms with van der Waals surface area (Å²) in [6.07, 6.45) is -4.28. The summed E-state index contributed by atoms with van der Waals surface area (Å²) in [6.45, 7) is 3.66. The van der Waals surface area contributed by atoms with Crippen molar-refractivity contribution in [3.05, 3.63) is 34.9 Å². The second-order valence-corrected chi connectivity index (χ2v) is 5.65. The summed E-state index contributed by atoms with van der Waals surface area (Å²) in [6, 6.07) is 2.80. The first-order chi connectivity index (χ1) is 9.70. The molecule has 2 rings (SSSR count). The summed E-state index contributed by atoms with van der Waals surface area (Å²) >= 11 is 0. The molecule has 1 aliphatic rings. The van der Waals surface area contributed by atoms with E-state index in [1.165, 1.54) is 0 Å². The van der Waals surface area contributed by atoms with Crippen LogP contribution in [0.2, 0.25) is 0 Å². The Kier molecular flexibility index (Phi) is 4.27. The molecule has 116 valence electrons. The van der Waals surface area contributed by atoms with Crippen molar-refractivity contribution < 1.29 is 18.0 Å². The van der Waals surface area contributed by atoms with Gasteiger partial charge in [-0.3, -0.25) is 4.79 Å². The zero-order chi connectivity index (χ0) is 15.8. The second kappa shape index (κ2) is 5.67. The van der Waals surface area contributed by atoms with Gasteiger partial charge in [-0.05, 0) is 49.9 Å². The molecule has 1 saturated heterocycles. The molecule has 1 amide bonds.